The number of hydrogen-bond acceptors (Lipinski definition) is 3. The van der Waals surface area contributed by atoms with Gasteiger partial charge in [0.2, 0.25) is 4.90 Å². The van der Waals surface area contributed by atoms with E-state index in [1.54, 1.807) is 24.4 Å². The van der Waals surface area contributed by atoms with Gasteiger partial charge in [-0.25, -0.2) is 0 Å². The molecule has 2 N–H and O–H groups in total. The van der Waals surface area contributed by atoms with Gasteiger partial charge >= 0.3 is 10.4 Å². The Morgan fingerprint density at radius 3 is 2.45 bits per heavy atom. The molecule has 8 heteroatoms. The second-order valence-corrected chi connectivity index (χ2v) is 7.06. The minimum Gasteiger partial charge on any atom is -0.253 e. The smallest absolute Gasteiger partial charge is 0.253 e. The zero-order valence-corrected chi connectivity index (χ0v) is 13.4. The van der Waals surface area contributed by atoms with Crippen molar-refractivity contribution in [2.24, 2.45) is 0 Å². The predicted octanol–water partition coefficient (Wildman–Crippen LogP) is 4.30. The minimum atomic E-state index is -3.59. The Bertz CT molecular complexity index is 879. The summed E-state index contributed by atoms with van der Waals surface area (Å²) in [7, 11) is -3.59. The van der Waals surface area contributed by atoms with Crippen LogP contribution in [0.3, 0.4) is 0 Å². The van der Waals surface area contributed by atoms with Gasteiger partial charge in [-0.05, 0) is 22.4 Å². The second-order valence-electron chi connectivity index (χ2n) is 4.46. The molecule has 1 heterocycles. The number of rotatable bonds is 3. The van der Waals surface area contributed by atoms with Gasteiger partial charge in [-0.15, -0.1) is 0 Å². The van der Waals surface area contributed by atoms with Gasteiger partial charge in [0.25, 0.3) is 0 Å². The zero-order chi connectivity index (χ0) is 15.7. The summed E-state index contributed by atoms with van der Waals surface area (Å²) >= 11 is 11.8. The highest BCUT2D eigenvalue weighted by Gasteiger charge is 2.31. The summed E-state index contributed by atoms with van der Waals surface area (Å²) < 4.78 is 25.5. The number of hydrogen-bond donors (Lipinski definition) is 2. The van der Waals surface area contributed by atoms with Gasteiger partial charge in [-0.2, -0.15) is 9.27 Å². The average molecular weight is 355 g/mol. The van der Waals surface area contributed by atoms with Crippen LogP contribution in [0.1, 0.15) is 0 Å². The number of aromatic nitrogens is 2. The van der Waals surface area contributed by atoms with Gasteiger partial charge in [0.1, 0.15) is 11.2 Å². The van der Waals surface area contributed by atoms with Gasteiger partial charge in [-0.1, -0.05) is 29.3 Å². The van der Waals surface area contributed by atoms with Crippen molar-refractivity contribution in [2.45, 2.75) is 4.90 Å². The molecule has 3 rings (SSSR count). The summed E-state index contributed by atoms with van der Waals surface area (Å²) in [6, 6.07) is 9.41. The van der Waals surface area contributed by atoms with Gasteiger partial charge in [0.05, 0.1) is 5.52 Å². The molecule has 112 valence electrons. The summed E-state index contributed by atoms with van der Waals surface area (Å²) in [5.41, 5.74) is 1.51. The molecule has 2 aromatic carbocycles. The topological polar surface area (TPSA) is 75.1 Å². The fourth-order valence-electron chi connectivity index (χ4n) is 1.97. The maximum Gasteiger partial charge on any atom is 0.346 e. The number of anilines is 1. The maximum atomic E-state index is 12.6. The SMILES string of the molecule is O=[S+](O)(Nc1cccc2nccnc12)c1cc(Cl)cc(Cl)c1. The van der Waals surface area contributed by atoms with E-state index in [0.29, 0.717) is 16.7 Å². The summed E-state index contributed by atoms with van der Waals surface area (Å²) in [5.74, 6) is 0. The molecular formula is C14H10Cl2N3O2S+. The van der Waals surface area contributed by atoms with Crippen molar-refractivity contribution in [3.8, 4) is 0 Å². The molecule has 0 bridgehead atoms. The van der Waals surface area contributed by atoms with Crippen molar-refractivity contribution in [3.05, 3.63) is 58.8 Å². The third-order valence-electron chi connectivity index (χ3n) is 2.90. The highest BCUT2D eigenvalue weighted by Crippen LogP contribution is 2.28. The van der Waals surface area contributed by atoms with Crippen LogP contribution in [0, 0.1) is 0 Å². The summed E-state index contributed by atoms with van der Waals surface area (Å²) in [6.07, 6.45) is 3.07. The first-order valence-electron chi connectivity index (χ1n) is 6.16. The van der Waals surface area contributed by atoms with Crippen LogP contribution in [-0.2, 0) is 14.6 Å². The number of para-hydroxylation sites is 1. The lowest BCUT2D eigenvalue weighted by molar-refractivity contribution is 0.503. The quantitative estimate of drug-likeness (QED) is 0.687. The number of nitrogens with one attached hydrogen (secondary N) is 1. The van der Waals surface area contributed by atoms with Crippen LogP contribution in [0.2, 0.25) is 10.0 Å². The van der Waals surface area contributed by atoms with Crippen molar-refractivity contribution >= 4 is 50.3 Å². The third-order valence-corrected chi connectivity index (χ3v) is 4.71. The van der Waals surface area contributed by atoms with E-state index >= 15 is 0 Å². The fourth-order valence-corrected chi connectivity index (χ4v) is 3.78. The van der Waals surface area contributed by atoms with Crippen LogP contribution >= 0.6 is 23.2 Å². The monoisotopic (exact) mass is 354 g/mol. The van der Waals surface area contributed by atoms with E-state index in [1.807, 2.05) is 0 Å². The third kappa shape index (κ3) is 3.05. The van der Waals surface area contributed by atoms with E-state index in [0.717, 1.165) is 0 Å². The minimum absolute atomic E-state index is 0.0888. The summed E-state index contributed by atoms with van der Waals surface area (Å²) in [6.45, 7) is 0. The molecule has 0 aliphatic rings. The van der Waals surface area contributed by atoms with Crippen LogP contribution in [-0.4, -0.2) is 14.5 Å². The molecule has 0 aliphatic heterocycles. The molecule has 1 aromatic heterocycles. The van der Waals surface area contributed by atoms with Crippen LogP contribution in [0.5, 0.6) is 0 Å². The molecule has 0 saturated heterocycles. The lowest BCUT2D eigenvalue weighted by Crippen LogP contribution is -2.21. The number of fused-ring (bicyclic) bond motifs is 1. The highest BCUT2D eigenvalue weighted by molar-refractivity contribution is 7.99. The molecule has 0 saturated carbocycles. The lowest BCUT2D eigenvalue weighted by atomic mass is 10.2. The Balaban J connectivity index is 2.05. The molecule has 1 unspecified atom stereocenters. The van der Waals surface area contributed by atoms with Crippen LogP contribution in [0.4, 0.5) is 5.69 Å². The molecule has 0 spiro atoms. The molecule has 5 nitrogen and oxygen atoms in total. The van der Waals surface area contributed by atoms with Crippen molar-refractivity contribution in [2.75, 3.05) is 4.72 Å². The Morgan fingerprint density at radius 1 is 1.05 bits per heavy atom. The Hall–Kier alpha value is -1.73. The lowest BCUT2D eigenvalue weighted by Gasteiger charge is -2.09. The zero-order valence-electron chi connectivity index (χ0n) is 11.0. The maximum absolute atomic E-state index is 12.6. The van der Waals surface area contributed by atoms with Crippen molar-refractivity contribution in [1.29, 1.82) is 0 Å². The number of nitrogens with zero attached hydrogens (tertiary/aromatic N) is 2. The van der Waals surface area contributed by atoms with Gasteiger partial charge < -0.3 is 0 Å². The first-order valence-corrected chi connectivity index (χ1v) is 8.43. The van der Waals surface area contributed by atoms with Crippen LogP contribution in [0.15, 0.2) is 53.7 Å². The number of benzene rings is 2. The van der Waals surface area contributed by atoms with E-state index in [1.165, 1.54) is 24.4 Å². The Labute approximate surface area is 137 Å². The summed E-state index contributed by atoms with van der Waals surface area (Å²) in [5, 5.41) is 0.563. The van der Waals surface area contributed by atoms with E-state index < -0.39 is 10.4 Å². The van der Waals surface area contributed by atoms with Crippen LogP contribution in [0.25, 0.3) is 11.0 Å². The first-order chi connectivity index (χ1) is 10.5. The summed E-state index contributed by atoms with van der Waals surface area (Å²) in [4.78, 5) is 8.42. The molecule has 22 heavy (non-hydrogen) atoms. The molecule has 0 radical (unpaired) electrons. The average Bonchev–Trinajstić information content (AvgIpc) is 2.46. The Kier molecular flexibility index (Phi) is 4.01. The van der Waals surface area contributed by atoms with Crippen LogP contribution < -0.4 is 4.72 Å². The standard InChI is InChI=1S/C14H9Cl2N3O2S/c15-9-6-10(16)8-11(7-9)22(20,21)19-13-3-1-2-12-14(13)18-5-4-17-12/h1-8H,(H-,19,20,21)/p+1. The largest absolute Gasteiger partial charge is 0.346 e. The van der Waals surface area contributed by atoms with E-state index in [9.17, 15) is 8.76 Å². The molecular weight excluding hydrogens is 345 g/mol. The molecule has 0 fully saturated rings. The molecule has 0 aliphatic carbocycles. The van der Waals surface area contributed by atoms with Gasteiger partial charge in [0.15, 0.2) is 0 Å². The van der Waals surface area contributed by atoms with Gasteiger partial charge in [-0.3, -0.25) is 9.97 Å². The normalized spacial score (nSPS) is 13.8. The van der Waals surface area contributed by atoms with Gasteiger partial charge in [0, 0.05) is 34.6 Å². The van der Waals surface area contributed by atoms with E-state index in [2.05, 4.69) is 14.7 Å². The highest BCUT2D eigenvalue weighted by atomic mass is 35.5. The van der Waals surface area contributed by atoms with Crippen molar-refractivity contribution in [1.82, 2.24) is 9.97 Å². The number of halogens is 2. The molecule has 1 atom stereocenters. The first kappa shape index (κ1) is 15.2. The Morgan fingerprint density at radius 2 is 1.73 bits per heavy atom. The van der Waals surface area contributed by atoms with E-state index in [-0.39, 0.29) is 14.9 Å². The molecule has 3 aromatic rings. The predicted molar refractivity (Wildman–Crippen MR) is 88.6 cm³/mol. The van der Waals surface area contributed by atoms with Crippen molar-refractivity contribution < 1.29 is 8.76 Å². The fraction of sp³-hybridized carbons (Fsp3) is 0. The van der Waals surface area contributed by atoms with Crippen molar-refractivity contribution in [3.63, 3.8) is 0 Å². The second kappa shape index (κ2) is 5.81. The van der Waals surface area contributed by atoms with E-state index in [4.69, 9.17) is 23.2 Å². The molecule has 0 amide bonds.